The van der Waals surface area contributed by atoms with Crippen molar-refractivity contribution in [2.75, 3.05) is 19.7 Å². The summed E-state index contributed by atoms with van der Waals surface area (Å²) in [5.74, 6) is 0. The van der Waals surface area contributed by atoms with Crippen LogP contribution in [-0.4, -0.2) is 56.4 Å². The molecule has 27 heavy (non-hydrogen) atoms. The van der Waals surface area contributed by atoms with E-state index in [-0.39, 0.29) is 17.6 Å². The maximum Gasteiger partial charge on any atom is 0.410 e. The molecule has 0 aromatic heterocycles. The maximum atomic E-state index is 12.5. The van der Waals surface area contributed by atoms with Gasteiger partial charge >= 0.3 is 6.09 Å². The van der Waals surface area contributed by atoms with Crippen LogP contribution in [0.5, 0.6) is 0 Å². The summed E-state index contributed by atoms with van der Waals surface area (Å²) in [6, 6.07) is 6.54. The van der Waals surface area contributed by atoms with E-state index in [2.05, 4.69) is 0 Å². The van der Waals surface area contributed by atoms with Crippen molar-refractivity contribution in [1.29, 1.82) is 0 Å². The van der Waals surface area contributed by atoms with E-state index < -0.39 is 27.4 Å². The van der Waals surface area contributed by atoms with Gasteiger partial charge in [-0.25, -0.2) is 4.79 Å². The Bertz CT molecular complexity index is 798. The number of aryl methyl sites for hydroxylation is 1. The lowest BCUT2D eigenvalue weighted by Crippen LogP contribution is -2.39. The standard InChI is InChI=1S/C19H27NO6S/c1-14-5-7-16(8-6-14)27(22,23)26-15-11-19(24-12-15)9-10-20(13-19)17(21)25-18(2,3)4/h5-8,15H,9-13H2,1-4H3/t15-,19+/m1/s1. The first kappa shape index (κ1) is 20.1. The number of rotatable bonds is 3. The van der Waals surface area contributed by atoms with Gasteiger partial charge in [-0.1, -0.05) is 17.7 Å². The van der Waals surface area contributed by atoms with E-state index in [1.807, 2.05) is 27.7 Å². The first-order chi connectivity index (χ1) is 12.5. The molecule has 2 heterocycles. The Hall–Kier alpha value is -1.64. The molecule has 150 valence electrons. The van der Waals surface area contributed by atoms with Crippen LogP contribution >= 0.6 is 0 Å². The molecule has 0 unspecified atom stereocenters. The Balaban J connectivity index is 1.60. The minimum absolute atomic E-state index is 0.135. The minimum atomic E-state index is -3.85. The number of nitrogens with zero attached hydrogens (tertiary/aromatic N) is 1. The largest absolute Gasteiger partial charge is 0.444 e. The summed E-state index contributed by atoms with van der Waals surface area (Å²) in [6.45, 7) is 8.45. The summed E-state index contributed by atoms with van der Waals surface area (Å²) >= 11 is 0. The fourth-order valence-electron chi connectivity index (χ4n) is 3.42. The molecule has 2 aliphatic heterocycles. The van der Waals surface area contributed by atoms with Crippen LogP contribution in [0.4, 0.5) is 4.79 Å². The molecule has 1 amide bonds. The van der Waals surface area contributed by atoms with Crippen LogP contribution in [0.15, 0.2) is 29.2 Å². The fraction of sp³-hybridized carbons (Fsp3) is 0.632. The Morgan fingerprint density at radius 3 is 2.56 bits per heavy atom. The summed E-state index contributed by atoms with van der Waals surface area (Å²) in [4.78, 5) is 14.0. The van der Waals surface area contributed by atoms with Gasteiger partial charge in [-0.2, -0.15) is 8.42 Å². The second-order valence-corrected chi connectivity index (χ2v) is 9.91. The second-order valence-electron chi connectivity index (χ2n) is 8.34. The average Bonchev–Trinajstić information content (AvgIpc) is 3.13. The Morgan fingerprint density at radius 2 is 1.93 bits per heavy atom. The predicted molar refractivity (Wildman–Crippen MR) is 99.0 cm³/mol. The maximum absolute atomic E-state index is 12.5. The second kappa shape index (κ2) is 7.07. The van der Waals surface area contributed by atoms with Crippen molar-refractivity contribution in [3.8, 4) is 0 Å². The van der Waals surface area contributed by atoms with Crippen LogP contribution in [0, 0.1) is 6.92 Å². The molecule has 3 rings (SSSR count). The van der Waals surface area contributed by atoms with Crippen molar-refractivity contribution in [3.05, 3.63) is 29.8 Å². The predicted octanol–water partition coefficient (Wildman–Crippen LogP) is 2.87. The molecule has 0 aliphatic carbocycles. The summed E-state index contributed by atoms with van der Waals surface area (Å²) in [6.07, 6.45) is 0.128. The molecule has 7 nitrogen and oxygen atoms in total. The number of ether oxygens (including phenoxy) is 2. The van der Waals surface area contributed by atoms with Gasteiger partial charge in [0.05, 0.1) is 23.6 Å². The number of carbonyl (C=O) groups excluding carboxylic acids is 1. The van der Waals surface area contributed by atoms with Crippen LogP contribution in [-0.2, 0) is 23.8 Å². The monoisotopic (exact) mass is 397 g/mol. The van der Waals surface area contributed by atoms with E-state index in [1.54, 1.807) is 17.0 Å². The summed E-state index contributed by atoms with van der Waals surface area (Å²) < 4.78 is 41.6. The Kier molecular flexibility index (Phi) is 5.26. The van der Waals surface area contributed by atoms with Gasteiger partial charge in [-0.05, 0) is 46.2 Å². The molecule has 2 aliphatic rings. The number of hydrogen-bond donors (Lipinski definition) is 0. The smallest absolute Gasteiger partial charge is 0.410 e. The zero-order chi connectivity index (χ0) is 19.9. The third-order valence-electron chi connectivity index (χ3n) is 4.72. The summed E-state index contributed by atoms with van der Waals surface area (Å²) in [5.41, 5.74) is -0.146. The van der Waals surface area contributed by atoms with E-state index in [0.717, 1.165) is 5.56 Å². The fourth-order valence-corrected chi connectivity index (χ4v) is 4.48. The van der Waals surface area contributed by atoms with Crippen molar-refractivity contribution < 1.29 is 26.9 Å². The molecular formula is C19H27NO6S. The molecule has 0 bridgehead atoms. The molecule has 0 saturated carbocycles. The third kappa shape index (κ3) is 4.80. The highest BCUT2D eigenvalue weighted by Gasteiger charge is 2.49. The van der Waals surface area contributed by atoms with Crippen LogP contribution in [0.25, 0.3) is 0 Å². The van der Waals surface area contributed by atoms with Gasteiger partial charge in [-0.3, -0.25) is 4.18 Å². The molecule has 1 spiro atoms. The van der Waals surface area contributed by atoms with Gasteiger partial charge < -0.3 is 14.4 Å². The van der Waals surface area contributed by atoms with Gasteiger partial charge in [0.15, 0.2) is 0 Å². The molecule has 1 aromatic carbocycles. The molecule has 2 atom stereocenters. The lowest BCUT2D eigenvalue weighted by molar-refractivity contribution is -0.000687. The molecule has 1 aromatic rings. The van der Waals surface area contributed by atoms with Crippen molar-refractivity contribution in [3.63, 3.8) is 0 Å². The lowest BCUT2D eigenvalue weighted by Gasteiger charge is -2.26. The van der Waals surface area contributed by atoms with Crippen molar-refractivity contribution >= 4 is 16.2 Å². The molecular weight excluding hydrogens is 370 g/mol. The van der Waals surface area contributed by atoms with E-state index in [9.17, 15) is 13.2 Å². The minimum Gasteiger partial charge on any atom is -0.444 e. The Morgan fingerprint density at radius 1 is 1.26 bits per heavy atom. The molecule has 0 N–H and O–H groups in total. The van der Waals surface area contributed by atoms with Crippen LogP contribution in [0.3, 0.4) is 0 Å². The first-order valence-electron chi connectivity index (χ1n) is 9.10. The number of amides is 1. The molecule has 2 fully saturated rings. The lowest BCUT2D eigenvalue weighted by atomic mass is 9.98. The molecule has 8 heteroatoms. The van der Waals surface area contributed by atoms with E-state index in [0.29, 0.717) is 25.9 Å². The average molecular weight is 397 g/mol. The van der Waals surface area contributed by atoms with E-state index in [4.69, 9.17) is 13.7 Å². The number of benzene rings is 1. The number of carbonyl (C=O) groups is 1. The van der Waals surface area contributed by atoms with Gasteiger partial charge in [0.2, 0.25) is 0 Å². The Labute approximate surface area is 160 Å². The molecule has 0 radical (unpaired) electrons. The van der Waals surface area contributed by atoms with E-state index in [1.165, 1.54) is 12.1 Å². The van der Waals surface area contributed by atoms with Gasteiger partial charge in [0.25, 0.3) is 10.1 Å². The van der Waals surface area contributed by atoms with Crippen molar-refractivity contribution in [1.82, 2.24) is 4.90 Å². The topological polar surface area (TPSA) is 82.1 Å². The third-order valence-corrected chi connectivity index (χ3v) is 6.09. The van der Waals surface area contributed by atoms with Crippen LogP contribution in [0.2, 0.25) is 0 Å². The van der Waals surface area contributed by atoms with Crippen LogP contribution < -0.4 is 0 Å². The highest BCUT2D eigenvalue weighted by atomic mass is 32.2. The zero-order valence-corrected chi connectivity index (χ0v) is 17.0. The molecule has 2 saturated heterocycles. The van der Waals surface area contributed by atoms with Gasteiger partial charge in [-0.15, -0.1) is 0 Å². The zero-order valence-electron chi connectivity index (χ0n) is 16.2. The highest BCUT2D eigenvalue weighted by molar-refractivity contribution is 7.86. The highest BCUT2D eigenvalue weighted by Crippen LogP contribution is 2.37. The number of hydrogen-bond acceptors (Lipinski definition) is 6. The first-order valence-corrected chi connectivity index (χ1v) is 10.5. The quantitative estimate of drug-likeness (QED) is 0.730. The number of likely N-dealkylation sites (tertiary alicyclic amines) is 1. The van der Waals surface area contributed by atoms with Crippen molar-refractivity contribution in [2.45, 2.75) is 62.7 Å². The van der Waals surface area contributed by atoms with Crippen molar-refractivity contribution in [2.24, 2.45) is 0 Å². The van der Waals surface area contributed by atoms with Crippen LogP contribution in [0.1, 0.15) is 39.2 Å². The summed E-state index contributed by atoms with van der Waals surface area (Å²) in [5, 5.41) is 0. The van der Waals surface area contributed by atoms with E-state index >= 15 is 0 Å². The summed E-state index contributed by atoms with van der Waals surface area (Å²) in [7, 11) is -3.85. The van der Waals surface area contributed by atoms with Gasteiger partial charge in [0, 0.05) is 13.0 Å². The van der Waals surface area contributed by atoms with Gasteiger partial charge in [0.1, 0.15) is 11.7 Å². The SMILES string of the molecule is Cc1ccc(S(=O)(=O)O[C@H]2CO[C@@]3(CCN(C(=O)OC(C)(C)C)C3)C2)cc1. The normalized spacial score (nSPS) is 25.9.